The first kappa shape index (κ1) is 31.8. The summed E-state index contributed by atoms with van der Waals surface area (Å²) in [5, 5.41) is 11.3. The normalized spacial score (nSPS) is 17.5. The molecule has 3 aromatic rings. The predicted octanol–water partition coefficient (Wildman–Crippen LogP) is 7.47. The van der Waals surface area contributed by atoms with Crippen molar-refractivity contribution in [1.29, 1.82) is 5.26 Å². The van der Waals surface area contributed by atoms with Gasteiger partial charge in [-0.15, -0.1) is 0 Å². The Hall–Kier alpha value is -3.62. The van der Waals surface area contributed by atoms with Crippen LogP contribution in [0.5, 0.6) is 0 Å². The molecule has 44 heavy (non-hydrogen) atoms. The lowest BCUT2D eigenvalue weighted by Crippen LogP contribution is -2.46. The van der Waals surface area contributed by atoms with Crippen molar-refractivity contribution < 1.29 is 31.1 Å². The third kappa shape index (κ3) is 7.02. The van der Waals surface area contributed by atoms with E-state index in [1.54, 1.807) is 30.3 Å². The van der Waals surface area contributed by atoms with Crippen LogP contribution in [0.15, 0.2) is 48.5 Å². The SMILES string of the molecule is CN(Cc1cc(C(F)(F)F)cc(C(F)(F)F)c1)C(=O)c1c(CN2CCC(N3CCCCC3)CC2)c(C#N)cc2ccccc12. The Kier molecular flexibility index (Phi) is 9.23. The first-order chi connectivity index (χ1) is 20.8. The van der Waals surface area contributed by atoms with Crippen molar-refractivity contribution in [2.24, 2.45) is 0 Å². The third-order valence-corrected chi connectivity index (χ3v) is 8.75. The summed E-state index contributed by atoms with van der Waals surface area (Å²) < 4.78 is 80.8. The van der Waals surface area contributed by atoms with Gasteiger partial charge in [0.05, 0.1) is 28.3 Å². The van der Waals surface area contributed by atoms with Crippen LogP contribution in [0.2, 0.25) is 0 Å². The molecule has 0 atom stereocenters. The van der Waals surface area contributed by atoms with Crippen molar-refractivity contribution in [3.05, 3.63) is 81.9 Å². The number of nitrogens with zero attached hydrogens (tertiary/aromatic N) is 4. The largest absolute Gasteiger partial charge is 0.416 e. The van der Waals surface area contributed by atoms with Gasteiger partial charge in [-0.05, 0) is 98.0 Å². The summed E-state index contributed by atoms with van der Waals surface area (Å²) >= 11 is 0. The van der Waals surface area contributed by atoms with Crippen LogP contribution in [0.4, 0.5) is 26.3 Å². The second-order valence-electron chi connectivity index (χ2n) is 11.8. The minimum Gasteiger partial charge on any atom is -0.337 e. The molecule has 11 heteroatoms. The molecule has 0 spiro atoms. The first-order valence-corrected chi connectivity index (χ1v) is 14.8. The molecule has 5 rings (SSSR count). The highest BCUT2D eigenvalue weighted by Crippen LogP contribution is 2.37. The molecule has 2 fully saturated rings. The second-order valence-corrected chi connectivity index (χ2v) is 11.8. The molecule has 2 aliphatic rings. The Morgan fingerprint density at radius 1 is 0.909 bits per heavy atom. The van der Waals surface area contributed by atoms with E-state index in [2.05, 4.69) is 15.9 Å². The van der Waals surface area contributed by atoms with Gasteiger partial charge >= 0.3 is 12.4 Å². The van der Waals surface area contributed by atoms with E-state index >= 15 is 0 Å². The van der Waals surface area contributed by atoms with Gasteiger partial charge in [-0.25, -0.2) is 0 Å². The van der Waals surface area contributed by atoms with Crippen LogP contribution < -0.4 is 0 Å². The van der Waals surface area contributed by atoms with Gasteiger partial charge in [0.1, 0.15) is 0 Å². The number of carbonyl (C=O) groups is 1. The fourth-order valence-corrected chi connectivity index (χ4v) is 6.50. The molecule has 2 aliphatic heterocycles. The number of fused-ring (bicyclic) bond motifs is 1. The monoisotopic (exact) mass is 616 g/mol. The highest BCUT2D eigenvalue weighted by Gasteiger charge is 2.37. The van der Waals surface area contributed by atoms with Gasteiger partial charge in [0, 0.05) is 26.2 Å². The van der Waals surface area contributed by atoms with E-state index in [9.17, 15) is 36.4 Å². The highest BCUT2D eigenvalue weighted by atomic mass is 19.4. The topological polar surface area (TPSA) is 50.6 Å². The Morgan fingerprint density at radius 2 is 1.52 bits per heavy atom. The maximum absolute atomic E-state index is 14.1. The molecule has 0 saturated carbocycles. The van der Waals surface area contributed by atoms with E-state index in [-0.39, 0.29) is 17.2 Å². The van der Waals surface area contributed by atoms with Crippen molar-refractivity contribution in [3.8, 4) is 6.07 Å². The van der Waals surface area contributed by atoms with Crippen molar-refractivity contribution in [3.63, 3.8) is 0 Å². The van der Waals surface area contributed by atoms with E-state index < -0.39 is 35.9 Å². The highest BCUT2D eigenvalue weighted by molar-refractivity contribution is 6.09. The summed E-state index contributed by atoms with van der Waals surface area (Å²) in [5.74, 6) is -0.581. The zero-order valence-electron chi connectivity index (χ0n) is 24.4. The van der Waals surface area contributed by atoms with E-state index in [1.807, 2.05) is 0 Å². The van der Waals surface area contributed by atoms with E-state index in [0.717, 1.165) is 43.9 Å². The zero-order valence-corrected chi connectivity index (χ0v) is 24.4. The van der Waals surface area contributed by atoms with Crippen LogP contribution in [0.3, 0.4) is 0 Å². The van der Waals surface area contributed by atoms with E-state index in [4.69, 9.17) is 0 Å². The summed E-state index contributed by atoms with van der Waals surface area (Å²) in [5.41, 5.74) is -2.10. The summed E-state index contributed by atoms with van der Waals surface area (Å²) in [4.78, 5) is 19.9. The molecule has 5 nitrogen and oxygen atoms in total. The summed E-state index contributed by atoms with van der Waals surface area (Å²) in [7, 11) is 1.34. The first-order valence-electron chi connectivity index (χ1n) is 14.8. The Bertz CT molecular complexity index is 1510. The van der Waals surface area contributed by atoms with Gasteiger partial charge in [-0.3, -0.25) is 9.69 Å². The van der Waals surface area contributed by atoms with Gasteiger partial charge in [-0.1, -0.05) is 30.7 Å². The number of carbonyl (C=O) groups excluding carboxylic acids is 1. The smallest absolute Gasteiger partial charge is 0.337 e. The van der Waals surface area contributed by atoms with Crippen molar-refractivity contribution in [2.75, 3.05) is 33.2 Å². The van der Waals surface area contributed by atoms with Gasteiger partial charge in [0.25, 0.3) is 5.91 Å². The molecule has 2 saturated heterocycles. The minimum absolute atomic E-state index is 0.0712. The zero-order chi connectivity index (χ0) is 31.6. The Morgan fingerprint density at radius 3 is 2.11 bits per heavy atom. The molecule has 234 valence electrons. The molecule has 1 amide bonds. The van der Waals surface area contributed by atoms with Crippen molar-refractivity contribution >= 4 is 16.7 Å². The lowest BCUT2D eigenvalue weighted by molar-refractivity contribution is -0.143. The number of nitriles is 1. The average molecular weight is 617 g/mol. The fraction of sp³-hybridized carbons (Fsp3) is 0.455. The van der Waals surface area contributed by atoms with Gasteiger partial charge in [0.2, 0.25) is 0 Å². The van der Waals surface area contributed by atoms with Crippen LogP contribution in [0.25, 0.3) is 10.8 Å². The number of hydrogen-bond donors (Lipinski definition) is 0. The van der Waals surface area contributed by atoms with Crippen molar-refractivity contribution in [2.45, 2.75) is 63.6 Å². The lowest BCUT2D eigenvalue weighted by Gasteiger charge is -2.40. The average Bonchev–Trinajstić information content (AvgIpc) is 3.00. The lowest BCUT2D eigenvalue weighted by atomic mass is 9.92. The molecule has 3 aromatic carbocycles. The van der Waals surface area contributed by atoms with Crippen LogP contribution in [0, 0.1) is 11.3 Å². The molecule has 0 unspecified atom stereocenters. The molecule has 0 bridgehead atoms. The van der Waals surface area contributed by atoms with Crippen LogP contribution in [-0.4, -0.2) is 59.9 Å². The minimum atomic E-state index is -5.00. The maximum Gasteiger partial charge on any atom is 0.416 e. The van der Waals surface area contributed by atoms with Crippen LogP contribution >= 0.6 is 0 Å². The van der Waals surface area contributed by atoms with Gasteiger partial charge in [0.15, 0.2) is 0 Å². The van der Waals surface area contributed by atoms with E-state index in [1.165, 1.54) is 26.3 Å². The van der Waals surface area contributed by atoms with Crippen LogP contribution in [0.1, 0.15) is 70.3 Å². The van der Waals surface area contributed by atoms with Crippen LogP contribution in [-0.2, 0) is 25.4 Å². The number of alkyl halides is 6. The molecule has 0 radical (unpaired) electrons. The predicted molar refractivity (Wildman–Crippen MR) is 155 cm³/mol. The number of halogens is 6. The molecule has 0 aromatic heterocycles. The Labute approximate surface area is 252 Å². The standard InChI is InChI=1S/C33H34F6N4O/c1-41(20-22-15-25(32(34,35)36)18-26(16-22)33(37,38)39)31(44)30-28-8-4-3-7-23(28)17-24(19-40)29(30)21-42-13-9-27(10-14-42)43-11-5-2-6-12-43/h3-4,7-8,15-18,27H,2,5-6,9-14,20-21H2,1H3. The summed E-state index contributed by atoms with van der Waals surface area (Å²) in [6, 6.07) is 12.8. The van der Waals surface area contributed by atoms with Crippen molar-refractivity contribution in [1.82, 2.24) is 14.7 Å². The quantitative estimate of drug-likeness (QED) is 0.270. The Balaban J connectivity index is 1.45. The number of rotatable bonds is 6. The number of amides is 1. The maximum atomic E-state index is 14.1. The summed E-state index contributed by atoms with van der Waals surface area (Å²) in [6.45, 7) is 3.62. The van der Waals surface area contributed by atoms with E-state index in [0.29, 0.717) is 46.6 Å². The molecular weight excluding hydrogens is 582 g/mol. The molecular formula is C33H34F6N4O. The second kappa shape index (κ2) is 12.8. The number of hydrogen-bond acceptors (Lipinski definition) is 4. The fourth-order valence-electron chi connectivity index (χ4n) is 6.50. The molecule has 2 heterocycles. The number of likely N-dealkylation sites (tertiary alicyclic amines) is 2. The van der Waals surface area contributed by atoms with Gasteiger partial charge < -0.3 is 9.80 Å². The molecule has 0 N–H and O–H groups in total. The number of benzene rings is 3. The molecule has 0 aliphatic carbocycles. The number of piperidine rings is 2. The van der Waals surface area contributed by atoms with Gasteiger partial charge in [-0.2, -0.15) is 31.6 Å². The third-order valence-electron chi connectivity index (χ3n) is 8.75. The summed E-state index contributed by atoms with van der Waals surface area (Å²) in [6.07, 6.45) is -4.38.